The Balaban J connectivity index is 1.47. The fourth-order valence-electron chi connectivity index (χ4n) is 7.00. The first-order valence-electron chi connectivity index (χ1n) is 14.4. The van der Waals surface area contributed by atoms with Crippen LogP contribution < -0.4 is 10.6 Å². The largest absolute Gasteiger partial charge is 0.385 e. The minimum Gasteiger partial charge on any atom is -0.385 e. The third kappa shape index (κ3) is 6.82. The molecule has 0 radical (unpaired) electrons. The summed E-state index contributed by atoms with van der Waals surface area (Å²) >= 11 is 0. The van der Waals surface area contributed by atoms with E-state index in [1.165, 1.54) is 44.2 Å². The molecule has 4 atom stereocenters. The number of rotatable bonds is 9. The number of hydrogen-bond acceptors (Lipinski definition) is 4. The Kier molecular flexibility index (Phi) is 10.2. The Hall–Kier alpha value is -1.77. The Bertz CT molecular complexity index is 882. The summed E-state index contributed by atoms with van der Waals surface area (Å²) in [5, 5.41) is 18.7. The van der Waals surface area contributed by atoms with Crippen molar-refractivity contribution >= 4 is 6.03 Å². The molecule has 2 aliphatic heterocycles. The van der Waals surface area contributed by atoms with E-state index in [-0.39, 0.29) is 30.0 Å². The third-order valence-corrected chi connectivity index (χ3v) is 9.06. The third-order valence-electron chi connectivity index (χ3n) is 9.06. The number of halogens is 2. The molecule has 3 aliphatic rings. The fourth-order valence-corrected chi connectivity index (χ4v) is 7.00. The smallest absolute Gasteiger partial charge is 0.317 e. The van der Waals surface area contributed by atoms with Gasteiger partial charge in [0.05, 0.1) is 5.60 Å². The van der Waals surface area contributed by atoms with Crippen LogP contribution in [0.15, 0.2) is 18.2 Å². The molecule has 2 heterocycles. The average molecular weight is 522 g/mol. The summed E-state index contributed by atoms with van der Waals surface area (Å²) in [5.74, 6) is -1.18. The van der Waals surface area contributed by atoms with Gasteiger partial charge in [-0.1, -0.05) is 44.2 Å². The number of unbranched alkanes of at least 4 members (excludes halogenated alkanes) is 1. The van der Waals surface area contributed by atoms with Crippen LogP contribution in [0.5, 0.6) is 0 Å². The molecule has 2 amide bonds. The lowest BCUT2D eigenvalue weighted by molar-refractivity contribution is -0.0592. The van der Waals surface area contributed by atoms with Crippen LogP contribution in [-0.2, 0) is 10.3 Å². The number of carbonyl (C=O) groups is 1. The minimum absolute atomic E-state index is 0.00832. The lowest BCUT2D eigenvalue weighted by Crippen LogP contribution is -2.58. The molecule has 1 saturated carbocycles. The highest BCUT2D eigenvalue weighted by molar-refractivity contribution is 5.74. The van der Waals surface area contributed by atoms with E-state index in [0.29, 0.717) is 57.2 Å². The molecule has 0 bridgehead atoms. The number of hydrogen-bond donors (Lipinski definition) is 3. The van der Waals surface area contributed by atoms with E-state index in [2.05, 4.69) is 10.6 Å². The van der Waals surface area contributed by atoms with Gasteiger partial charge in [0.25, 0.3) is 0 Å². The van der Waals surface area contributed by atoms with Crippen molar-refractivity contribution in [3.63, 3.8) is 0 Å². The molecule has 4 rings (SSSR count). The number of likely N-dealkylation sites (tertiary alicyclic amines) is 1. The molecule has 208 valence electrons. The number of aliphatic hydroxyl groups is 1. The van der Waals surface area contributed by atoms with Crippen molar-refractivity contribution in [2.75, 3.05) is 39.9 Å². The molecule has 0 unspecified atom stereocenters. The van der Waals surface area contributed by atoms with E-state index in [9.17, 15) is 18.7 Å². The molecule has 3 fully saturated rings. The van der Waals surface area contributed by atoms with Crippen LogP contribution in [0.1, 0.15) is 76.2 Å². The van der Waals surface area contributed by atoms with Crippen molar-refractivity contribution in [1.82, 2.24) is 15.5 Å². The number of urea groups is 1. The van der Waals surface area contributed by atoms with Crippen molar-refractivity contribution in [1.29, 1.82) is 0 Å². The van der Waals surface area contributed by atoms with Gasteiger partial charge in [-0.15, -0.1) is 0 Å². The summed E-state index contributed by atoms with van der Waals surface area (Å²) in [5.41, 5.74) is -1.57. The Labute approximate surface area is 220 Å². The maximum absolute atomic E-state index is 15.0. The summed E-state index contributed by atoms with van der Waals surface area (Å²) in [6, 6.07) is 3.99. The second-order valence-corrected chi connectivity index (χ2v) is 11.4. The highest BCUT2D eigenvalue weighted by Gasteiger charge is 2.43. The second-order valence-electron chi connectivity index (χ2n) is 11.4. The fraction of sp³-hybridized carbons (Fsp3) is 0.759. The van der Waals surface area contributed by atoms with Crippen LogP contribution in [0.25, 0.3) is 0 Å². The molecule has 0 aromatic heterocycles. The predicted molar refractivity (Wildman–Crippen MR) is 140 cm³/mol. The van der Waals surface area contributed by atoms with E-state index >= 15 is 0 Å². The number of amides is 2. The zero-order valence-corrected chi connectivity index (χ0v) is 22.3. The lowest BCUT2D eigenvalue weighted by Gasteiger charge is -2.44. The van der Waals surface area contributed by atoms with Crippen molar-refractivity contribution in [2.24, 2.45) is 17.8 Å². The van der Waals surface area contributed by atoms with Crippen LogP contribution >= 0.6 is 0 Å². The monoisotopic (exact) mass is 521 g/mol. The molecular weight excluding hydrogens is 476 g/mol. The molecule has 1 aromatic rings. The summed E-state index contributed by atoms with van der Waals surface area (Å²) in [6.45, 7) is 3.23. The molecule has 8 heteroatoms. The predicted octanol–water partition coefficient (Wildman–Crippen LogP) is 4.95. The van der Waals surface area contributed by atoms with Gasteiger partial charge in [-0.3, -0.25) is 0 Å². The summed E-state index contributed by atoms with van der Waals surface area (Å²) in [4.78, 5) is 15.3. The van der Waals surface area contributed by atoms with Gasteiger partial charge < -0.3 is 25.4 Å². The van der Waals surface area contributed by atoms with E-state index in [1.807, 2.05) is 0 Å². The molecule has 6 nitrogen and oxygen atoms in total. The maximum atomic E-state index is 15.0. The summed E-state index contributed by atoms with van der Waals surface area (Å²) in [7, 11) is 1.62. The van der Waals surface area contributed by atoms with Gasteiger partial charge in [-0.2, -0.15) is 0 Å². The first kappa shape index (κ1) is 28.2. The van der Waals surface area contributed by atoms with Gasteiger partial charge in [0.2, 0.25) is 0 Å². The number of nitrogens with one attached hydrogen (secondary N) is 2. The molecular formula is C29H45F2N3O3. The zero-order valence-electron chi connectivity index (χ0n) is 22.3. The highest BCUT2D eigenvalue weighted by atomic mass is 19.2. The zero-order chi connectivity index (χ0) is 26.3. The molecule has 2 saturated heterocycles. The van der Waals surface area contributed by atoms with Crippen molar-refractivity contribution in [3.05, 3.63) is 35.4 Å². The summed E-state index contributed by atoms with van der Waals surface area (Å²) in [6.07, 6.45) is 10.4. The van der Waals surface area contributed by atoms with Gasteiger partial charge in [0.15, 0.2) is 11.6 Å². The average Bonchev–Trinajstić information content (AvgIpc) is 2.93. The van der Waals surface area contributed by atoms with Crippen LogP contribution in [-0.4, -0.2) is 62.0 Å². The van der Waals surface area contributed by atoms with E-state index < -0.39 is 17.2 Å². The first-order chi connectivity index (χ1) is 17.9. The SMILES string of the molecule is COCCCC[C@@](O)(c1cccc(F)c1F)[C@@H]1CCCN(C(=O)N[C@@H]2CNCC[C@H]2C2CCCCC2)C1. The van der Waals surface area contributed by atoms with Crippen LogP contribution in [0.2, 0.25) is 0 Å². The van der Waals surface area contributed by atoms with E-state index in [4.69, 9.17) is 4.74 Å². The van der Waals surface area contributed by atoms with Gasteiger partial charge in [-0.25, -0.2) is 13.6 Å². The molecule has 1 aromatic carbocycles. The minimum atomic E-state index is -1.56. The number of methoxy groups -OCH3 is 1. The number of ether oxygens (including phenoxy) is 1. The molecule has 37 heavy (non-hydrogen) atoms. The Morgan fingerprint density at radius 3 is 2.76 bits per heavy atom. The number of nitrogens with zero attached hydrogens (tertiary/aromatic N) is 1. The molecule has 1 aliphatic carbocycles. The Morgan fingerprint density at radius 1 is 1.16 bits per heavy atom. The van der Waals surface area contributed by atoms with Gasteiger partial charge in [0, 0.05) is 50.9 Å². The Morgan fingerprint density at radius 2 is 1.97 bits per heavy atom. The number of carbonyl (C=O) groups excluding carboxylic acids is 1. The van der Waals surface area contributed by atoms with Gasteiger partial charge >= 0.3 is 6.03 Å². The standard InChI is InChI=1S/C29H45F2N3O3/c1-37-18-6-5-15-29(36,24-12-7-13-25(30)27(24)31)22-11-8-17-34(20-22)28(35)33-26-19-32-16-14-23(26)21-9-3-2-4-10-21/h7,12-13,21-23,26,32,36H,2-6,8-11,14-20H2,1H3,(H,33,35)/t22-,23+,26-,29+/m1/s1. The van der Waals surface area contributed by atoms with Crippen molar-refractivity contribution in [2.45, 2.75) is 82.3 Å². The number of piperidine rings is 2. The first-order valence-corrected chi connectivity index (χ1v) is 14.4. The van der Waals surface area contributed by atoms with Crippen molar-refractivity contribution in [3.8, 4) is 0 Å². The lowest BCUT2D eigenvalue weighted by atomic mass is 9.73. The molecule has 3 N–H and O–H groups in total. The quantitative estimate of drug-likeness (QED) is 0.402. The van der Waals surface area contributed by atoms with E-state index in [1.54, 1.807) is 12.0 Å². The topological polar surface area (TPSA) is 73.8 Å². The maximum Gasteiger partial charge on any atom is 0.317 e. The second kappa shape index (κ2) is 13.3. The van der Waals surface area contributed by atoms with Crippen LogP contribution in [0, 0.1) is 29.4 Å². The number of benzene rings is 1. The van der Waals surface area contributed by atoms with Crippen LogP contribution in [0.4, 0.5) is 13.6 Å². The molecule has 0 spiro atoms. The normalized spacial score (nSPS) is 27.0. The van der Waals surface area contributed by atoms with Gasteiger partial charge in [0.1, 0.15) is 0 Å². The van der Waals surface area contributed by atoms with Crippen LogP contribution in [0.3, 0.4) is 0 Å². The van der Waals surface area contributed by atoms with E-state index in [0.717, 1.165) is 25.6 Å². The van der Waals surface area contributed by atoms with Crippen molar-refractivity contribution < 1.29 is 23.4 Å². The van der Waals surface area contributed by atoms with Gasteiger partial charge in [-0.05, 0) is 63.0 Å². The highest BCUT2D eigenvalue weighted by Crippen LogP contribution is 2.41. The summed E-state index contributed by atoms with van der Waals surface area (Å²) < 4.78 is 34.3.